The first-order valence-corrected chi connectivity index (χ1v) is 4.52. The van der Waals surface area contributed by atoms with E-state index in [4.69, 9.17) is 10.00 Å². The highest BCUT2D eigenvalue weighted by molar-refractivity contribution is 5.97. The topological polar surface area (TPSA) is 62.4 Å². The van der Waals surface area contributed by atoms with Crippen LogP contribution in [0, 0.1) is 11.5 Å². The van der Waals surface area contributed by atoms with E-state index >= 15 is 0 Å². The summed E-state index contributed by atoms with van der Waals surface area (Å²) in [7, 11) is 0. The summed E-state index contributed by atoms with van der Waals surface area (Å²) >= 11 is 0. The number of ether oxygens (including phenoxy) is 1. The number of fused-ring (bicyclic) bond motifs is 1. The molecule has 4 nitrogen and oxygen atoms in total. The molecule has 0 atom stereocenters. The van der Waals surface area contributed by atoms with Gasteiger partial charge in [-0.25, -0.2) is 4.79 Å². The van der Waals surface area contributed by atoms with E-state index < -0.39 is 0 Å². The highest BCUT2D eigenvalue weighted by Gasteiger charge is 2.04. The number of nitriles is 1. The first-order chi connectivity index (χ1) is 7.86. The summed E-state index contributed by atoms with van der Waals surface area (Å²) in [6.07, 6.45) is 3.12. The second kappa shape index (κ2) is 4.26. The van der Waals surface area contributed by atoms with Crippen molar-refractivity contribution in [2.75, 3.05) is 0 Å². The molecule has 0 heterocycles. The average Bonchev–Trinajstić information content (AvgIpc) is 2.31. The number of benzene rings is 2. The number of hydrogen-bond acceptors (Lipinski definition) is 4. The molecule has 0 N–H and O–H groups in total. The van der Waals surface area contributed by atoms with Crippen molar-refractivity contribution in [1.82, 2.24) is 0 Å². The Hall–Kier alpha value is -2.63. The minimum Gasteiger partial charge on any atom is -0.387 e. The Morgan fingerprint density at radius 1 is 1.12 bits per heavy atom. The van der Waals surface area contributed by atoms with Gasteiger partial charge in [0.15, 0.2) is 0 Å². The van der Waals surface area contributed by atoms with E-state index in [0.717, 1.165) is 10.8 Å². The molecule has 0 fully saturated rings. The molecular formula is C12H6N2O2. The van der Waals surface area contributed by atoms with Crippen molar-refractivity contribution in [1.29, 1.82) is 5.26 Å². The van der Waals surface area contributed by atoms with Crippen LogP contribution in [0.1, 0.15) is 0 Å². The average molecular weight is 210 g/mol. The molecule has 2 aromatic carbocycles. The van der Waals surface area contributed by atoms with Gasteiger partial charge >= 0.3 is 0 Å². The lowest BCUT2D eigenvalue weighted by molar-refractivity contribution is 0.513. The van der Waals surface area contributed by atoms with Crippen LogP contribution in [0.15, 0.2) is 41.4 Å². The molecule has 16 heavy (non-hydrogen) atoms. The molecule has 0 saturated heterocycles. The van der Waals surface area contributed by atoms with Crippen LogP contribution in [0.2, 0.25) is 0 Å². The van der Waals surface area contributed by atoms with Crippen LogP contribution in [-0.2, 0) is 4.79 Å². The van der Waals surface area contributed by atoms with Gasteiger partial charge in [0.2, 0.25) is 6.08 Å². The first kappa shape index (κ1) is 9.91. The zero-order valence-electron chi connectivity index (χ0n) is 8.18. The quantitative estimate of drug-likeness (QED) is 0.435. The van der Waals surface area contributed by atoms with E-state index in [1.54, 1.807) is 42.7 Å². The molecule has 0 amide bonds. The minimum absolute atomic E-state index is 0.447. The van der Waals surface area contributed by atoms with Crippen LogP contribution < -0.4 is 4.74 Å². The SMILES string of the molecule is N#COc1cccc2c(N=C=O)cccc12. The molecule has 0 unspecified atom stereocenters. The van der Waals surface area contributed by atoms with Crippen molar-refractivity contribution >= 4 is 22.5 Å². The summed E-state index contributed by atoms with van der Waals surface area (Å²) in [4.78, 5) is 13.8. The molecule has 0 spiro atoms. The van der Waals surface area contributed by atoms with Gasteiger partial charge in [0.1, 0.15) is 5.75 Å². The normalized spacial score (nSPS) is 9.19. The fraction of sp³-hybridized carbons (Fsp3) is 0. The number of isocyanates is 1. The van der Waals surface area contributed by atoms with Gasteiger partial charge < -0.3 is 4.74 Å². The Kier molecular flexibility index (Phi) is 2.64. The number of carbonyl (C=O) groups excluding carboxylic acids is 1. The molecule has 0 saturated carbocycles. The van der Waals surface area contributed by atoms with Gasteiger partial charge in [-0.1, -0.05) is 24.3 Å². The molecule has 0 radical (unpaired) electrons. The molecule has 0 aromatic heterocycles. The van der Waals surface area contributed by atoms with Gasteiger partial charge in [-0.15, -0.1) is 5.26 Å². The lowest BCUT2D eigenvalue weighted by atomic mass is 10.1. The summed E-state index contributed by atoms with van der Waals surface area (Å²) < 4.78 is 4.82. The van der Waals surface area contributed by atoms with E-state index in [2.05, 4.69) is 4.99 Å². The van der Waals surface area contributed by atoms with Crippen LogP contribution >= 0.6 is 0 Å². The second-order valence-corrected chi connectivity index (χ2v) is 3.02. The summed E-state index contributed by atoms with van der Waals surface area (Å²) in [5.74, 6) is 0.447. The summed E-state index contributed by atoms with van der Waals surface area (Å²) in [6, 6.07) is 10.5. The summed E-state index contributed by atoms with van der Waals surface area (Å²) in [5.41, 5.74) is 0.510. The Balaban J connectivity index is 2.76. The molecule has 0 aliphatic carbocycles. The molecule has 4 heteroatoms. The molecular weight excluding hydrogens is 204 g/mol. The van der Waals surface area contributed by atoms with Gasteiger partial charge in [0.25, 0.3) is 6.26 Å². The Labute approximate surface area is 91.4 Å². The number of nitrogens with zero attached hydrogens (tertiary/aromatic N) is 2. The predicted octanol–water partition coefficient (Wildman–Crippen LogP) is 2.67. The maximum absolute atomic E-state index is 10.3. The van der Waals surface area contributed by atoms with E-state index in [-0.39, 0.29) is 0 Å². The van der Waals surface area contributed by atoms with Crippen LogP contribution in [0.25, 0.3) is 10.8 Å². The van der Waals surface area contributed by atoms with Gasteiger partial charge in [-0.3, -0.25) is 0 Å². The molecule has 2 rings (SSSR count). The second-order valence-electron chi connectivity index (χ2n) is 3.02. The molecule has 2 aromatic rings. The van der Waals surface area contributed by atoms with E-state index in [1.807, 2.05) is 0 Å². The van der Waals surface area contributed by atoms with Crippen LogP contribution in [0.3, 0.4) is 0 Å². The van der Waals surface area contributed by atoms with Crippen LogP contribution in [0.5, 0.6) is 5.75 Å². The Bertz CT molecular complexity index is 622. The number of aliphatic imine (C=N–C) groups is 1. The standard InChI is InChI=1S/C12H6N2O2/c13-7-16-12-6-2-3-9-10(12)4-1-5-11(9)14-8-15/h1-6H. The third-order valence-corrected chi connectivity index (χ3v) is 2.18. The zero-order valence-corrected chi connectivity index (χ0v) is 8.18. The molecule has 76 valence electrons. The maximum atomic E-state index is 10.3. The highest BCUT2D eigenvalue weighted by atomic mass is 16.5. The van der Waals surface area contributed by atoms with Gasteiger partial charge in [0, 0.05) is 10.8 Å². The lowest BCUT2D eigenvalue weighted by Gasteiger charge is -2.03. The zero-order chi connectivity index (χ0) is 11.4. The fourth-order valence-electron chi connectivity index (χ4n) is 1.55. The van der Waals surface area contributed by atoms with Crippen molar-refractivity contribution in [3.63, 3.8) is 0 Å². The molecule has 0 aliphatic heterocycles. The lowest BCUT2D eigenvalue weighted by Crippen LogP contribution is -1.83. The van der Waals surface area contributed by atoms with E-state index in [0.29, 0.717) is 11.4 Å². The third kappa shape index (κ3) is 1.63. The fourth-order valence-corrected chi connectivity index (χ4v) is 1.55. The Morgan fingerprint density at radius 3 is 2.62 bits per heavy atom. The monoisotopic (exact) mass is 210 g/mol. The number of hydrogen-bond donors (Lipinski definition) is 0. The predicted molar refractivity (Wildman–Crippen MR) is 58.0 cm³/mol. The van der Waals surface area contributed by atoms with Gasteiger partial charge in [-0.2, -0.15) is 4.99 Å². The Morgan fingerprint density at radius 2 is 1.88 bits per heavy atom. The van der Waals surface area contributed by atoms with E-state index in [9.17, 15) is 4.79 Å². The summed E-state index contributed by atoms with van der Waals surface area (Å²) in [6.45, 7) is 0. The van der Waals surface area contributed by atoms with Crippen molar-refractivity contribution in [3.8, 4) is 12.0 Å². The van der Waals surface area contributed by atoms with E-state index in [1.165, 1.54) is 6.08 Å². The first-order valence-electron chi connectivity index (χ1n) is 4.52. The van der Waals surface area contributed by atoms with Gasteiger partial charge in [-0.05, 0) is 12.1 Å². The van der Waals surface area contributed by atoms with Crippen molar-refractivity contribution in [3.05, 3.63) is 36.4 Å². The molecule has 0 bridgehead atoms. The number of rotatable bonds is 2. The third-order valence-electron chi connectivity index (χ3n) is 2.18. The van der Waals surface area contributed by atoms with Crippen molar-refractivity contribution in [2.45, 2.75) is 0 Å². The molecule has 0 aliphatic rings. The van der Waals surface area contributed by atoms with Gasteiger partial charge in [0.05, 0.1) is 5.69 Å². The van der Waals surface area contributed by atoms with Crippen molar-refractivity contribution < 1.29 is 9.53 Å². The summed E-state index contributed by atoms with van der Waals surface area (Å²) in [5, 5.41) is 9.98. The van der Waals surface area contributed by atoms with Crippen LogP contribution in [-0.4, -0.2) is 6.08 Å². The highest BCUT2D eigenvalue weighted by Crippen LogP contribution is 2.31. The van der Waals surface area contributed by atoms with Crippen LogP contribution in [0.4, 0.5) is 5.69 Å². The smallest absolute Gasteiger partial charge is 0.292 e. The van der Waals surface area contributed by atoms with Crippen molar-refractivity contribution in [2.24, 2.45) is 4.99 Å². The maximum Gasteiger partial charge on any atom is 0.292 e. The minimum atomic E-state index is 0.447. The largest absolute Gasteiger partial charge is 0.387 e.